The van der Waals surface area contributed by atoms with Crippen LogP contribution in [0.25, 0.3) is 0 Å². The lowest BCUT2D eigenvalue weighted by atomic mass is 10.2. The van der Waals surface area contributed by atoms with Crippen LogP contribution in [0, 0.1) is 0 Å². The van der Waals surface area contributed by atoms with Crippen molar-refractivity contribution in [1.82, 2.24) is 15.1 Å². The lowest BCUT2D eigenvalue weighted by Crippen LogP contribution is -2.38. The molecule has 0 radical (unpaired) electrons. The minimum atomic E-state index is 0.422. The fraction of sp³-hybridized carbons (Fsp3) is 0.667. The maximum Gasteiger partial charge on any atom is 0.151 e. The molecule has 1 atom stereocenters. The third-order valence-corrected chi connectivity index (χ3v) is 3.46. The van der Waals surface area contributed by atoms with Gasteiger partial charge >= 0.3 is 0 Å². The normalized spacial score (nSPS) is 22.5. The van der Waals surface area contributed by atoms with E-state index in [0.29, 0.717) is 11.9 Å². The number of halogens is 1. The number of likely N-dealkylation sites (N-methyl/N-ethyl adjacent to an activating group) is 1. The zero-order valence-corrected chi connectivity index (χ0v) is 11.2. The molecule has 2 heterocycles. The number of hydrogen-bond acceptors (Lipinski definition) is 4. The van der Waals surface area contributed by atoms with Crippen molar-refractivity contribution in [2.75, 3.05) is 31.6 Å². The van der Waals surface area contributed by atoms with Gasteiger partial charge in [-0.05, 0) is 39.1 Å². The Morgan fingerprint density at radius 1 is 1.35 bits per heavy atom. The van der Waals surface area contributed by atoms with Gasteiger partial charge in [0.2, 0.25) is 0 Å². The Morgan fingerprint density at radius 3 is 2.82 bits per heavy atom. The first-order valence-electron chi connectivity index (χ1n) is 6.04. The lowest BCUT2D eigenvalue weighted by Gasteiger charge is -2.28. The highest BCUT2D eigenvalue weighted by Crippen LogP contribution is 2.17. The van der Waals surface area contributed by atoms with Gasteiger partial charge in [0.25, 0.3) is 0 Å². The van der Waals surface area contributed by atoms with Crippen LogP contribution >= 0.6 is 11.6 Å². The minimum Gasteiger partial charge on any atom is -0.351 e. The monoisotopic (exact) mass is 254 g/mol. The van der Waals surface area contributed by atoms with E-state index in [0.717, 1.165) is 31.1 Å². The Hall–Kier alpha value is -0.870. The maximum absolute atomic E-state index is 5.72. The van der Waals surface area contributed by atoms with Crippen LogP contribution in [0.5, 0.6) is 0 Å². The highest BCUT2D eigenvalue weighted by atomic mass is 35.5. The van der Waals surface area contributed by atoms with Crippen molar-refractivity contribution in [2.24, 2.45) is 0 Å². The SMILES string of the molecule is CC1CN(C)CCCN1c1ccc(CCl)nn1. The predicted octanol–water partition coefficient (Wildman–Crippen LogP) is 1.75. The molecular weight excluding hydrogens is 236 g/mol. The van der Waals surface area contributed by atoms with Gasteiger partial charge in [0, 0.05) is 19.1 Å². The first-order valence-corrected chi connectivity index (χ1v) is 6.58. The van der Waals surface area contributed by atoms with E-state index >= 15 is 0 Å². The van der Waals surface area contributed by atoms with Gasteiger partial charge in [-0.3, -0.25) is 0 Å². The molecule has 1 aliphatic heterocycles. The van der Waals surface area contributed by atoms with Crippen molar-refractivity contribution in [3.8, 4) is 0 Å². The second-order valence-corrected chi connectivity index (χ2v) is 4.94. The van der Waals surface area contributed by atoms with Crippen LogP contribution in [-0.2, 0) is 5.88 Å². The Balaban J connectivity index is 2.13. The minimum absolute atomic E-state index is 0.422. The lowest BCUT2D eigenvalue weighted by molar-refractivity contribution is 0.337. The molecule has 0 amide bonds. The second-order valence-electron chi connectivity index (χ2n) is 4.67. The van der Waals surface area contributed by atoms with Crippen LogP contribution in [0.2, 0.25) is 0 Å². The largest absolute Gasteiger partial charge is 0.351 e. The molecule has 1 unspecified atom stereocenters. The number of rotatable bonds is 2. The summed E-state index contributed by atoms with van der Waals surface area (Å²) in [5.74, 6) is 1.38. The summed E-state index contributed by atoms with van der Waals surface area (Å²) in [6.07, 6.45) is 1.17. The van der Waals surface area contributed by atoms with Gasteiger partial charge in [-0.2, -0.15) is 5.10 Å². The average molecular weight is 255 g/mol. The van der Waals surface area contributed by atoms with E-state index < -0.39 is 0 Å². The summed E-state index contributed by atoms with van der Waals surface area (Å²) >= 11 is 5.72. The summed E-state index contributed by atoms with van der Waals surface area (Å²) in [5, 5.41) is 8.38. The van der Waals surface area contributed by atoms with Crippen LogP contribution in [-0.4, -0.2) is 47.8 Å². The molecule has 1 aromatic heterocycles. The summed E-state index contributed by atoms with van der Waals surface area (Å²) in [7, 11) is 2.17. The van der Waals surface area contributed by atoms with Crippen molar-refractivity contribution >= 4 is 17.4 Å². The van der Waals surface area contributed by atoms with Gasteiger partial charge in [-0.1, -0.05) is 0 Å². The number of nitrogens with zero attached hydrogens (tertiary/aromatic N) is 4. The van der Waals surface area contributed by atoms with Gasteiger partial charge in [0.05, 0.1) is 11.6 Å². The van der Waals surface area contributed by atoms with Crippen molar-refractivity contribution in [2.45, 2.75) is 25.3 Å². The van der Waals surface area contributed by atoms with Crippen molar-refractivity contribution in [1.29, 1.82) is 0 Å². The molecule has 4 nitrogen and oxygen atoms in total. The van der Waals surface area contributed by atoms with Crippen LogP contribution in [0.15, 0.2) is 12.1 Å². The molecule has 0 aromatic carbocycles. The first kappa shape index (κ1) is 12.6. The molecule has 2 rings (SSSR count). The van der Waals surface area contributed by atoms with E-state index in [9.17, 15) is 0 Å². The molecule has 1 saturated heterocycles. The fourth-order valence-corrected chi connectivity index (χ4v) is 2.43. The molecule has 0 N–H and O–H groups in total. The van der Waals surface area contributed by atoms with E-state index in [2.05, 4.69) is 34.0 Å². The number of anilines is 1. The quantitative estimate of drug-likeness (QED) is 0.753. The summed E-state index contributed by atoms with van der Waals surface area (Å²) in [5.41, 5.74) is 0.829. The Labute approximate surface area is 108 Å². The number of hydrogen-bond donors (Lipinski definition) is 0. The molecule has 5 heteroatoms. The molecule has 0 aliphatic carbocycles. The van der Waals surface area contributed by atoms with E-state index in [4.69, 9.17) is 11.6 Å². The molecule has 1 aliphatic rings. The van der Waals surface area contributed by atoms with Crippen molar-refractivity contribution < 1.29 is 0 Å². The van der Waals surface area contributed by atoms with Gasteiger partial charge < -0.3 is 9.80 Å². The van der Waals surface area contributed by atoms with Gasteiger partial charge in [0.1, 0.15) is 0 Å². The van der Waals surface area contributed by atoms with Crippen LogP contribution < -0.4 is 4.90 Å². The summed E-state index contributed by atoms with van der Waals surface area (Å²) in [6.45, 7) is 5.49. The zero-order valence-electron chi connectivity index (χ0n) is 10.4. The fourth-order valence-electron chi connectivity index (χ4n) is 2.29. The molecule has 17 heavy (non-hydrogen) atoms. The molecular formula is C12H19ClN4. The van der Waals surface area contributed by atoms with E-state index in [1.807, 2.05) is 12.1 Å². The van der Waals surface area contributed by atoms with Crippen LogP contribution in [0.1, 0.15) is 19.0 Å². The topological polar surface area (TPSA) is 32.3 Å². The van der Waals surface area contributed by atoms with Crippen LogP contribution in [0.4, 0.5) is 5.82 Å². The molecule has 94 valence electrons. The standard InChI is InChI=1S/C12H19ClN4/c1-10-9-16(2)6-3-7-17(10)12-5-4-11(8-13)14-15-12/h4-5,10H,3,6-9H2,1-2H3. The summed E-state index contributed by atoms with van der Waals surface area (Å²) in [4.78, 5) is 4.69. The van der Waals surface area contributed by atoms with Crippen LogP contribution in [0.3, 0.4) is 0 Å². The molecule has 0 bridgehead atoms. The van der Waals surface area contributed by atoms with Crippen molar-refractivity contribution in [3.05, 3.63) is 17.8 Å². The Bertz CT molecular complexity index is 354. The highest BCUT2D eigenvalue weighted by molar-refractivity contribution is 6.16. The third kappa shape index (κ3) is 3.07. The van der Waals surface area contributed by atoms with Gasteiger partial charge in [-0.15, -0.1) is 16.7 Å². The van der Waals surface area contributed by atoms with E-state index in [1.165, 1.54) is 6.42 Å². The Kier molecular flexibility index (Phi) is 4.18. The molecule has 0 spiro atoms. The zero-order chi connectivity index (χ0) is 12.3. The van der Waals surface area contributed by atoms with E-state index in [1.54, 1.807) is 0 Å². The smallest absolute Gasteiger partial charge is 0.151 e. The Morgan fingerprint density at radius 2 is 2.18 bits per heavy atom. The predicted molar refractivity (Wildman–Crippen MR) is 70.5 cm³/mol. The van der Waals surface area contributed by atoms with Gasteiger partial charge in [-0.25, -0.2) is 0 Å². The summed E-state index contributed by atoms with van der Waals surface area (Å²) < 4.78 is 0. The number of aromatic nitrogens is 2. The second kappa shape index (κ2) is 5.65. The summed E-state index contributed by atoms with van der Waals surface area (Å²) in [6, 6.07) is 4.45. The average Bonchev–Trinajstić information content (AvgIpc) is 2.50. The molecule has 1 fully saturated rings. The van der Waals surface area contributed by atoms with Crippen molar-refractivity contribution in [3.63, 3.8) is 0 Å². The number of alkyl halides is 1. The molecule has 1 aromatic rings. The molecule has 0 saturated carbocycles. The van der Waals surface area contributed by atoms with E-state index in [-0.39, 0.29) is 0 Å². The first-order chi connectivity index (χ1) is 8.20. The maximum atomic E-state index is 5.72. The highest BCUT2D eigenvalue weighted by Gasteiger charge is 2.20. The third-order valence-electron chi connectivity index (χ3n) is 3.18. The van der Waals surface area contributed by atoms with Gasteiger partial charge in [0.15, 0.2) is 5.82 Å².